The molecule has 1 aliphatic rings. The summed E-state index contributed by atoms with van der Waals surface area (Å²) in [7, 11) is 1.52. The largest absolute Gasteiger partial charge is 0.493 e. The zero-order chi connectivity index (χ0) is 21.0. The van der Waals surface area contributed by atoms with Crippen LogP contribution in [0.1, 0.15) is 18.1 Å². The Hall–Kier alpha value is -2.94. The molecule has 0 atom stereocenters. The summed E-state index contributed by atoms with van der Waals surface area (Å²) in [6.07, 6.45) is -2.81. The lowest BCUT2D eigenvalue weighted by molar-refractivity contribution is -0.137. The molecule has 1 saturated heterocycles. The SMILES string of the molecule is CCOc1ccc(C=C2SC(=Nc3cccc(C(F)(F)F)c3)NC2=O)cc1OC. The molecule has 0 aromatic heterocycles. The molecule has 9 heteroatoms. The van der Waals surface area contributed by atoms with Gasteiger partial charge in [-0.15, -0.1) is 0 Å². The van der Waals surface area contributed by atoms with Crippen molar-refractivity contribution in [2.75, 3.05) is 13.7 Å². The van der Waals surface area contributed by atoms with Crippen LogP contribution in [0.5, 0.6) is 11.5 Å². The molecule has 1 fully saturated rings. The number of methoxy groups -OCH3 is 1. The van der Waals surface area contributed by atoms with Crippen molar-refractivity contribution >= 4 is 34.6 Å². The first-order valence-electron chi connectivity index (χ1n) is 8.58. The molecule has 0 bridgehead atoms. The van der Waals surface area contributed by atoms with Gasteiger partial charge in [-0.2, -0.15) is 13.2 Å². The summed E-state index contributed by atoms with van der Waals surface area (Å²) in [6.45, 7) is 2.35. The molecule has 0 radical (unpaired) electrons. The first kappa shape index (κ1) is 20.8. The van der Waals surface area contributed by atoms with Crippen molar-refractivity contribution < 1.29 is 27.4 Å². The van der Waals surface area contributed by atoms with Crippen LogP contribution in [-0.4, -0.2) is 24.8 Å². The highest BCUT2D eigenvalue weighted by Gasteiger charge is 2.30. The Balaban J connectivity index is 1.82. The van der Waals surface area contributed by atoms with Crippen LogP contribution in [0, 0.1) is 0 Å². The van der Waals surface area contributed by atoms with Crippen molar-refractivity contribution in [3.05, 3.63) is 58.5 Å². The lowest BCUT2D eigenvalue weighted by atomic mass is 10.2. The van der Waals surface area contributed by atoms with Crippen LogP contribution in [0.25, 0.3) is 6.08 Å². The molecule has 0 aliphatic carbocycles. The fourth-order valence-electron chi connectivity index (χ4n) is 2.55. The number of carbonyl (C=O) groups excluding carboxylic acids is 1. The maximum absolute atomic E-state index is 12.8. The van der Waals surface area contributed by atoms with E-state index in [1.165, 1.54) is 19.2 Å². The Morgan fingerprint density at radius 1 is 1.17 bits per heavy atom. The highest BCUT2D eigenvalue weighted by atomic mass is 32.2. The summed E-state index contributed by atoms with van der Waals surface area (Å²) in [5.41, 5.74) is 0.0146. The second-order valence-corrected chi connectivity index (χ2v) is 6.90. The van der Waals surface area contributed by atoms with Crippen molar-refractivity contribution in [1.29, 1.82) is 0 Å². The summed E-state index contributed by atoms with van der Waals surface area (Å²) < 4.78 is 49.3. The molecule has 5 nitrogen and oxygen atoms in total. The molecule has 0 saturated carbocycles. The standard InChI is InChI=1S/C20H17F3N2O3S/c1-3-28-15-8-7-12(9-16(15)27-2)10-17-18(26)25-19(29-17)24-14-6-4-5-13(11-14)20(21,22)23/h4-11H,3H2,1-2H3,(H,24,25,26). The normalized spacial score (nSPS) is 16.9. The number of benzene rings is 2. The van der Waals surface area contributed by atoms with E-state index in [9.17, 15) is 18.0 Å². The number of hydrogen-bond donors (Lipinski definition) is 1. The topological polar surface area (TPSA) is 59.9 Å². The molecular weight excluding hydrogens is 405 g/mol. The highest BCUT2D eigenvalue weighted by molar-refractivity contribution is 8.18. The van der Waals surface area contributed by atoms with Crippen LogP contribution in [0.3, 0.4) is 0 Å². The van der Waals surface area contributed by atoms with Crippen LogP contribution < -0.4 is 14.8 Å². The van der Waals surface area contributed by atoms with E-state index >= 15 is 0 Å². The summed E-state index contributed by atoms with van der Waals surface area (Å²) in [6, 6.07) is 9.85. The number of alkyl halides is 3. The Morgan fingerprint density at radius 3 is 2.66 bits per heavy atom. The first-order chi connectivity index (χ1) is 13.8. The third-order valence-electron chi connectivity index (χ3n) is 3.84. The van der Waals surface area contributed by atoms with Gasteiger partial charge in [-0.3, -0.25) is 4.79 Å². The predicted octanol–water partition coefficient (Wildman–Crippen LogP) is 5.00. The van der Waals surface area contributed by atoms with E-state index in [0.717, 1.165) is 23.9 Å². The maximum Gasteiger partial charge on any atom is 0.416 e. The number of rotatable bonds is 5. The van der Waals surface area contributed by atoms with Gasteiger partial charge in [0.05, 0.1) is 29.9 Å². The summed E-state index contributed by atoms with van der Waals surface area (Å²) in [4.78, 5) is 16.7. The van der Waals surface area contributed by atoms with Gasteiger partial charge in [0.1, 0.15) is 0 Å². The number of aliphatic imine (C=N–C) groups is 1. The minimum absolute atomic E-state index is 0.103. The van der Waals surface area contributed by atoms with Gasteiger partial charge < -0.3 is 14.8 Å². The lowest BCUT2D eigenvalue weighted by Gasteiger charge is -2.09. The summed E-state index contributed by atoms with van der Waals surface area (Å²) in [5.74, 6) is 0.739. The van der Waals surface area contributed by atoms with Gasteiger partial charge >= 0.3 is 6.18 Å². The molecule has 3 rings (SSSR count). The molecule has 2 aromatic carbocycles. The van der Waals surface area contributed by atoms with E-state index in [-0.39, 0.29) is 16.8 Å². The van der Waals surface area contributed by atoms with Gasteiger partial charge in [-0.1, -0.05) is 12.1 Å². The molecule has 0 unspecified atom stereocenters. The van der Waals surface area contributed by atoms with Gasteiger partial charge in [0.25, 0.3) is 5.91 Å². The molecule has 29 heavy (non-hydrogen) atoms. The molecule has 1 N–H and O–H groups in total. The second-order valence-electron chi connectivity index (χ2n) is 5.87. The van der Waals surface area contributed by atoms with Gasteiger partial charge in [0.15, 0.2) is 16.7 Å². The quantitative estimate of drug-likeness (QED) is 0.689. The number of ether oxygens (including phenoxy) is 2. The number of hydrogen-bond acceptors (Lipinski definition) is 5. The predicted molar refractivity (Wildman–Crippen MR) is 106 cm³/mol. The number of halogens is 3. The molecule has 2 aromatic rings. The zero-order valence-electron chi connectivity index (χ0n) is 15.5. The number of nitrogens with one attached hydrogen (secondary N) is 1. The Bertz CT molecular complexity index is 987. The van der Waals surface area contributed by atoms with E-state index in [4.69, 9.17) is 9.47 Å². The molecule has 1 aliphatic heterocycles. The van der Waals surface area contributed by atoms with Crippen molar-refractivity contribution in [2.24, 2.45) is 4.99 Å². The Kier molecular flexibility index (Phi) is 6.17. The molecule has 1 amide bonds. The number of amidine groups is 1. The minimum Gasteiger partial charge on any atom is -0.493 e. The van der Waals surface area contributed by atoms with Crippen LogP contribution in [0.4, 0.5) is 18.9 Å². The van der Waals surface area contributed by atoms with Crippen molar-refractivity contribution in [3.63, 3.8) is 0 Å². The second kappa shape index (κ2) is 8.60. The van der Waals surface area contributed by atoms with E-state index in [1.807, 2.05) is 6.92 Å². The molecule has 1 heterocycles. The van der Waals surface area contributed by atoms with Crippen LogP contribution in [-0.2, 0) is 11.0 Å². The van der Waals surface area contributed by atoms with Crippen molar-refractivity contribution in [1.82, 2.24) is 5.32 Å². The van der Waals surface area contributed by atoms with Crippen LogP contribution in [0.2, 0.25) is 0 Å². The van der Waals surface area contributed by atoms with Crippen molar-refractivity contribution in [2.45, 2.75) is 13.1 Å². The summed E-state index contributed by atoms with van der Waals surface area (Å²) in [5, 5.41) is 2.77. The minimum atomic E-state index is -4.46. The van der Waals surface area contributed by atoms with E-state index < -0.39 is 11.7 Å². The van der Waals surface area contributed by atoms with Crippen LogP contribution >= 0.6 is 11.8 Å². The monoisotopic (exact) mass is 422 g/mol. The van der Waals surface area contributed by atoms with E-state index in [2.05, 4.69) is 10.3 Å². The highest BCUT2D eigenvalue weighted by Crippen LogP contribution is 2.34. The Labute approximate surface area is 169 Å². The summed E-state index contributed by atoms with van der Waals surface area (Å²) >= 11 is 1.05. The van der Waals surface area contributed by atoms with Crippen molar-refractivity contribution in [3.8, 4) is 11.5 Å². The number of nitrogens with zero attached hydrogens (tertiary/aromatic N) is 1. The average molecular weight is 422 g/mol. The molecule has 152 valence electrons. The smallest absolute Gasteiger partial charge is 0.416 e. The van der Waals surface area contributed by atoms with E-state index in [0.29, 0.717) is 28.6 Å². The number of carbonyl (C=O) groups is 1. The number of amides is 1. The van der Waals surface area contributed by atoms with E-state index in [1.54, 1.807) is 24.3 Å². The van der Waals surface area contributed by atoms with Gasteiger partial charge in [0.2, 0.25) is 0 Å². The molecule has 0 spiro atoms. The average Bonchev–Trinajstić information content (AvgIpc) is 3.01. The molecular formula is C20H17F3N2O3S. The third kappa shape index (κ3) is 5.11. The zero-order valence-corrected chi connectivity index (χ0v) is 16.4. The fraction of sp³-hybridized carbons (Fsp3) is 0.200. The van der Waals surface area contributed by atoms with Gasteiger partial charge in [-0.25, -0.2) is 4.99 Å². The maximum atomic E-state index is 12.8. The van der Waals surface area contributed by atoms with Crippen LogP contribution in [0.15, 0.2) is 52.4 Å². The Morgan fingerprint density at radius 2 is 1.97 bits per heavy atom. The van der Waals surface area contributed by atoms with Gasteiger partial charge in [0, 0.05) is 0 Å². The third-order valence-corrected chi connectivity index (χ3v) is 4.75. The first-order valence-corrected chi connectivity index (χ1v) is 9.39. The van der Waals surface area contributed by atoms with Gasteiger partial charge in [-0.05, 0) is 60.7 Å². The lowest BCUT2D eigenvalue weighted by Crippen LogP contribution is -2.19. The fourth-order valence-corrected chi connectivity index (χ4v) is 3.39. The number of thioether (sulfide) groups is 1.